The molecule has 0 atom stereocenters. The molecule has 0 N–H and O–H groups in total. The van der Waals surface area contributed by atoms with Crippen LogP contribution in [0.25, 0.3) is 0 Å². The van der Waals surface area contributed by atoms with Crippen molar-refractivity contribution in [1.29, 1.82) is 0 Å². The normalized spacial score (nSPS) is 14.2. The van der Waals surface area contributed by atoms with Crippen LogP contribution in [0.5, 0.6) is 11.6 Å². The predicted molar refractivity (Wildman–Crippen MR) is 134 cm³/mol. The number of carbonyl (C=O) groups excluding carboxylic acids is 1. The smallest absolute Gasteiger partial charge is 0.253 e. The van der Waals surface area contributed by atoms with Crippen LogP contribution in [0.2, 0.25) is 0 Å². The van der Waals surface area contributed by atoms with E-state index in [9.17, 15) is 4.79 Å². The van der Waals surface area contributed by atoms with E-state index in [0.717, 1.165) is 46.8 Å². The highest BCUT2D eigenvalue weighted by Gasteiger charge is 2.28. The van der Waals surface area contributed by atoms with Crippen molar-refractivity contribution in [2.24, 2.45) is 0 Å². The van der Waals surface area contributed by atoms with Gasteiger partial charge in [0, 0.05) is 55.9 Å². The van der Waals surface area contributed by atoms with E-state index in [2.05, 4.69) is 19.5 Å². The molecular formula is C28H29N5O2. The van der Waals surface area contributed by atoms with E-state index >= 15 is 0 Å². The Hall–Kier alpha value is -4.00. The zero-order valence-corrected chi connectivity index (χ0v) is 20.1. The predicted octanol–water partition coefficient (Wildman–Crippen LogP) is 5.15. The van der Waals surface area contributed by atoms with Crippen molar-refractivity contribution < 1.29 is 9.53 Å². The molecule has 0 bridgehead atoms. The lowest BCUT2D eigenvalue weighted by atomic mass is 9.93. The molecule has 7 heteroatoms. The number of ether oxygens (including phenoxy) is 1. The van der Waals surface area contributed by atoms with Gasteiger partial charge in [0.2, 0.25) is 5.88 Å². The van der Waals surface area contributed by atoms with Crippen LogP contribution in [-0.4, -0.2) is 43.4 Å². The summed E-state index contributed by atoms with van der Waals surface area (Å²) in [5, 5.41) is 0. The summed E-state index contributed by atoms with van der Waals surface area (Å²) < 4.78 is 8.17. The summed E-state index contributed by atoms with van der Waals surface area (Å²) in [6, 6.07) is 15.8. The number of likely N-dealkylation sites (tertiary alicyclic amines) is 1. The van der Waals surface area contributed by atoms with E-state index in [1.807, 2.05) is 73.5 Å². The van der Waals surface area contributed by atoms with E-state index in [1.165, 1.54) is 0 Å². The molecule has 0 unspecified atom stereocenters. The van der Waals surface area contributed by atoms with E-state index in [0.29, 0.717) is 25.5 Å². The van der Waals surface area contributed by atoms with Gasteiger partial charge >= 0.3 is 0 Å². The molecule has 35 heavy (non-hydrogen) atoms. The van der Waals surface area contributed by atoms with Gasteiger partial charge in [-0.3, -0.25) is 9.78 Å². The zero-order valence-electron chi connectivity index (χ0n) is 20.1. The molecule has 1 aliphatic heterocycles. The molecule has 1 aliphatic rings. The van der Waals surface area contributed by atoms with Gasteiger partial charge in [-0.1, -0.05) is 24.3 Å². The van der Waals surface area contributed by atoms with E-state index in [1.54, 1.807) is 18.6 Å². The van der Waals surface area contributed by atoms with Gasteiger partial charge in [0.25, 0.3) is 5.91 Å². The molecular weight excluding hydrogens is 438 g/mol. The molecule has 1 saturated heterocycles. The first-order valence-corrected chi connectivity index (χ1v) is 12.0. The van der Waals surface area contributed by atoms with Gasteiger partial charge in [-0.2, -0.15) is 0 Å². The Bertz CT molecular complexity index is 1320. The quantitative estimate of drug-likeness (QED) is 0.392. The van der Waals surface area contributed by atoms with Crippen LogP contribution in [0.15, 0.2) is 73.3 Å². The number of hydrogen-bond donors (Lipinski definition) is 0. The summed E-state index contributed by atoms with van der Waals surface area (Å²) in [6.45, 7) is 6.06. The highest BCUT2D eigenvalue weighted by atomic mass is 16.5. The summed E-state index contributed by atoms with van der Waals surface area (Å²) in [5.41, 5.74) is 3.80. The maximum Gasteiger partial charge on any atom is 0.253 e. The summed E-state index contributed by atoms with van der Waals surface area (Å²) in [4.78, 5) is 28.5. The molecule has 2 aromatic heterocycles. The lowest BCUT2D eigenvalue weighted by Crippen LogP contribution is -2.38. The van der Waals surface area contributed by atoms with Crippen molar-refractivity contribution in [3.63, 3.8) is 0 Å². The zero-order chi connectivity index (χ0) is 24.2. The summed E-state index contributed by atoms with van der Waals surface area (Å²) >= 11 is 0. The molecule has 4 aromatic rings. The molecule has 3 heterocycles. The van der Waals surface area contributed by atoms with Gasteiger partial charge in [0.1, 0.15) is 17.3 Å². The van der Waals surface area contributed by atoms with Gasteiger partial charge < -0.3 is 14.2 Å². The highest BCUT2D eigenvalue weighted by Crippen LogP contribution is 2.34. The van der Waals surface area contributed by atoms with E-state index in [4.69, 9.17) is 4.74 Å². The summed E-state index contributed by atoms with van der Waals surface area (Å²) in [7, 11) is 0. The Balaban J connectivity index is 1.25. The van der Waals surface area contributed by atoms with Gasteiger partial charge in [-0.15, -0.1) is 0 Å². The second-order valence-corrected chi connectivity index (χ2v) is 9.03. The third-order valence-corrected chi connectivity index (χ3v) is 6.51. The average molecular weight is 468 g/mol. The standard InChI is InChI=1S/C28H29N5O2/c1-20-5-3-8-25(17-20)35-27-26(30-11-12-31-27)23-9-14-32(15-10-23)28(34)24-7-4-6-22(18-24)19-33-16-13-29-21(33)2/h3-8,11-13,16-18,23H,9-10,14-15,19H2,1-2H3. The van der Waals surface area contributed by atoms with Gasteiger partial charge in [0.15, 0.2) is 0 Å². The first kappa shape index (κ1) is 22.8. The minimum Gasteiger partial charge on any atom is -0.437 e. The molecule has 0 spiro atoms. The van der Waals surface area contributed by atoms with Crippen molar-refractivity contribution in [3.05, 3.63) is 102 Å². The third-order valence-electron chi connectivity index (χ3n) is 6.51. The Kier molecular flexibility index (Phi) is 6.57. The van der Waals surface area contributed by atoms with Crippen LogP contribution >= 0.6 is 0 Å². The number of hydrogen-bond acceptors (Lipinski definition) is 5. The topological polar surface area (TPSA) is 73.1 Å². The van der Waals surface area contributed by atoms with Crippen molar-refractivity contribution in [1.82, 2.24) is 24.4 Å². The van der Waals surface area contributed by atoms with E-state index < -0.39 is 0 Å². The Morgan fingerprint density at radius 1 is 0.971 bits per heavy atom. The maximum atomic E-state index is 13.3. The monoisotopic (exact) mass is 467 g/mol. The highest BCUT2D eigenvalue weighted by molar-refractivity contribution is 5.94. The van der Waals surface area contributed by atoms with Gasteiger partial charge in [0.05, 0.1) is 0 Å². The fourth-order valence-corrected chi connectivity index (χ4v) is 4.59. The molecule has 0 radical (unpaired) electrons. The largest absolute Gasteiger partial charge is 0.437 e. The number of carbonyl (C=O) groups is 1. The fraction of sp³-hybridized carbons (Fsp3) is 0.286. The van der Waals surface area contributed by atoms with Gasteiger partial charge in [-0.25, -0.2) is 9.97 Å². The first-order valence-electron chi connectivity index (χ1n) is 12.0. The molecule has 2 aromatic carbocycles. The van der Waals surface area contributed by atoms with Crippen LogP contribution in [0.1, 0.15) is 51.8 Å². The third kappa shape index (κ3) is 5.24. The average Bonchev–Trinajstić information content (AvgIpc) is 3.28. The summed E-state index contributed by atoms with van der Waals surface area (Å²) in [5.74, 6) is 2.53. The van der Waals surface area contributed by atoms with E-state index in [-0.39, 0.29) is 11.8 Å². The number of aromatic nitrogens is 4. The molecule has 0 saturated carbocycles. The van der Waals surface area contributed by atoms with Crippen LogP contribution < -0.4 is 4.74 Å². The lowest BCUT2D eigenvalue weighted by molar-refractivity contribution is 0.0711. The number of piperidine rings is 1. The summed E-state index contributed by atoms with van der Waals surface area (Å²) in [6.07, 6.45) is 8.76. The minimum absolute atomic E-state index is 0.0723. The molecule has 1 amide bonds. The van der Waals surface area contributed by atoms with Crippen LogP contribution in [0.3, 0.4) is 0 Å². The molecule has 5 rings (SSSR count). The number of amides is 1. The second-order valence-electron chi connectivity index (χ2n) is 9.03. The Morgan fingerprint density at radius 3 is 2.54 bits per heavy atom. The molecule has 178 valence electrons. The minimum atomic E-state index is 0.0723. The number of rotatable bonds is 6. The van der Waals surface area contributed by atoms with Crippen LogP contribution in [-0.2, 0) is 6.54 Å². The fourth-order valence-electron chi connectivity index (χ4n) is 4.59. The Labute approximate surface area is 205 Å². The lowest BCUT2D eigenvalue weighted by Gasteiger charge is -2.32. The van der Waals surface area contributed by atoms with Crippen molar-refractivity contribution >= 4 is 5.91 Å². The van der Waals surface area contributed by atoms with Crippen molar-refractivity contribution in [2.45, 2.75) is 39.2 Å². The van der Waals surface area contributed by atoms with Crippen LogP contribution in [0.4, 0.5) is 0 Å². The van der Waals surface area contributed by atoms with Gasteiger partial charge in [-0.05, 0) is 62.1 Å². The Morgan fingerprint density at radius 2 is 1.77 bits per heavy atom. The number of benzene rings is 2. The first-order chi connectivity index (χ1) is 17.1. The van der Waals surface area contributed by atoms with Crippen molar-refractivity contribution in [2.75, 3.05) is 13.1 Å². The number of aryl methyl sites for hydroxylation is 2. The molecule has 0 aliphatic carbocycles. The van der Waals surface area contributed by atoms with Crippen LogP contribution in [0, 0.1) is 13.8 Å². The number of imidazole rings is 1. The maximum absolute atomic E-state index is 13.3. The second kappa shape index (κ2) is 10.1. The number of nitrogens with zero attached hydrogens (tertiary/aromatic N) is 5. The van der Waals surface area contributed by atoms with Crippen molar-refractivity contribution in [3.8, 4) is 11.6 Å². The molecule has 7 nitrogen and oxygen atoms in total. The molecule has 1 fully saturated rings. The SMILES string of the molecule is Cc1cccc(Oc2nccnc2C2CCN(C(=O)c3cccc(Cn4ccnc4C)c3)CC2)c1.